The molecule has 4 N–H and O–H groups in total. The number of nitrogens with two attached hydrogens (primary N) is 1. The number of carboxylic acid groups (broad SMARTS) is 1. The zero-order valence-electron chi connectivity index (χ0n) is 10.4. The zero-order chi connectivity index (χ0) is 13.7. The van der Waals surface area contributed by atoms with Gasteiger partial charge in [-0.15, -0.1) is 0 Å². The maximum atomic E-state index is 11.9. The predicted molar refractivity (Wildman–Crippen MR) is 63.8 cm³/mol. The fourth-order valence-corrected chi connectivity index (χ4v) is 2.16. The summed E-state index contributed by atoms with van der Waals surface area (Å²) in [7, 11) is 0. The average Bonchev–Trinajstić information content (AvgIpc) is 2.75. The molecule has 2 unspecified atom stereocenters. The molecule has 0 aromatic heterocycles. The van der Waals surface area contributed by atoms with Crippen LogP contribution in [0.3, 0.4) is 0 Å². The van der Waals surface area contributed by atoms with Crippen LogP contribution in [0.4, 0.5) is 4.79 Å². The van der Waals surface area contributed by atoms with Crippen LogP contribution in [0.15, 0.2) is 0 Å². The number of nitrogens with zero attached hydrogens (tertiary/aromatic N) is 1. The second-order valence-corrected chi connectivity index (χ2v) is 4.41. The highest BCUT2D eigenvalue weighted by molar-refractivity contribution is 5.87. The van der Waals surface area contributed by atoms with Crippen LogP contribution < -0.4 is 11.1 Å². The summed E-state index contributed by atoms with van der Waals surface area (Å²) >= 11 is 0. The summed E-state index contributed by atoms with van der Waals surface area (Å²) in [5, 5.41) is 11.2. The monoisotopic (exact) mass is 257 g/mol. The molecule has 0 bridgehead atoms. The molecule has 102 valence electrons. The van der Waals surface area contributed by atoms with Gasteiger partial charge in [0.2, 0.25) is 5.91 Å². The summed E-state index contributed by atoms with van der Waals surface area (Å²) in [6.45, 7) is 2.60. The molecule has 1 aliphatic rings. The number of amides is 3. The highest BCUT2D eigenvalue weighted by Gasteiger charge is 2.30. The highest BCUT2D eigenvalue weighted by atomic mass is 16.4. The molecule has 2 atom stereocenters. The Morgan fingerprint density at radius 3 is 2.67 bits per heavy atom. The third kappa shape index (κ3) is 3.61. The maximum Gasteiger partial charge on any atom is 0.326 e. The maximum absolute atomic E-state index is 11.9. The van der Waals surface area contributed by atoms with Crippen molar-refractivity contribution in [2.75, 3.05) is 6.54 Å². The van der Waals surface area contributed by atoms with E-state index >= 15 is 0 Å². The molecular formula is C11H19N3O4. The van der Waals surface area contributed by atoms with Gasteiger partial charge in [-0.2, -0.15) is 0 Å². The van der Waals surface area contributed by atoms with Crippen molar-refractivity contribution in [2.24, 2.45) is 5.73 Å². The predicted octanol–water partition coefficient (Wildman–Crippen LogP) is -0.101. The summed E-state index contributed by atoms with van der Waals surface area (Å²) in [6.07, 6.45) is 2.28. The van der Waals surface area contributed by atoms with Crippen LogP contribution in [0.1, 0.15) is 32.6 Å². The molecule has 1 aliphatic heterocycles. The summed E-state index contributed by atoms with van der Waals surface area (Å²) in [5.74, 6) is -2.01. The van der Waals surface area contributed by atoms with Gasteiger partial charge in [-0.25, -0.2) is 9.59 Å². The number of urea groups is 1. The van der Waals surface area contributed by atoms with Crippen molar-refractivity contribution >= 4 is 17.9 Å². The van der Waals surface area contributed by atoms with Crippen LogP contribution in [0.25, 0.3) is 0 Å². The van der Waals surface area contributed by atoms with Crippen molar-refractivity contribution in [3.8, 4) is 0 Å². The molecule has 0 aromatic rings. The van der Waals surface area contributed by atoms with E-state index in [2.05, 4.69) is 5.32 Å². The van der Waals surface area contributed by atoms with E-state index < -0.39 is 30.4 Å². The molecule has 0 saturated carbocycles. The van der Waals surface area contributed by atoms with Crippen LogP contribution in [0.5, 0.6) is 0 Å². The van der Waals surface area contributed by atoms with Crippen LogP contribution in [-0.2, 0) is 9.59 Å². The van der Waals surface area contributed by atoms with E-state index in [0.717, 1.165) is 19.3 Å². The van der Waals surface area contributed by atoms with Crippen molar-refractivity contribution in [3.63, 3.8) is 0 Å². The molecule has 18 heavy (non-hydrogen) atoms. The lowest BCUT2D eigenvalue weighted by Crippen LogP contribution is -2.50. The van der Waals surface area contributed by atoms with Crippen molar-refractivity contribution in [2.45, 2.75) is 44.7 Å². The molecule has 1 rings (SSSR count). The number of carboxylic acids is 1. The summed E-state index contributed by atoms with van der Waals surface area (Å²) in [5.41, 5.74) is 4.95. The van der Waals surface area contributed by atoms with Gasteiger partial charge >= 0.3 is 12.0 Å². The lowest BCUT2D eigenvalue weighted by Gasteiger charge is -2.25. The van der Waals surface area contributed by atoms with E-state index in [1.165, 1.54) is 0 Å². The molecular weight excluding hydrogens is 238 g/mol. The van der Waals surface area contributed by atoms with Crippen LogP contribution >= 0.6 is 0 Å². The fraction of sp³-hybridized carbons (Fsp3) is 0.727. The summed E-state index contributed by atoms with van der Waals surface area (Å²) in [4.78, 5) is 35.2. The largest absolute Gasteiger partial charge is 0.480 e. The molecule has 0 spiro atoms. The third-order valence-electron chi connectivity index (χ3n) is 3.11. The SMILES string of the molecule is CCC1CCCN1C(=O)NC(CC(N)=O)C(=O)O. The normalized spacial score (nSPS) is 20.5. The minimum atomic E-state index is -1.26. The quantitative estimate of drug-likeness (QED) is 0.638. The Labute approximate surface area is 105 Å². The molecule has 1 heterocycles. The lowest BCUT2D eigenvalue weighted by molar-refractivity contribution is -0.141. The third-order valence-corrected chi connectivity index (χ3v) is 3.11. The summed E-state index contributed by atoms with van der Waals surface area (Å²) in [6, 6.07) is -1.55. The van der Waals surface area contributed by atoms with E-state index in [1.807, 2.05) is 6.92 Å². The zero-order valence-corrected chi connectivity index (χ0v) is 10.4. The van der Waals surface area contributed by atoms with Crippen molar-refractivity contribution in [1.29, 1.82) is 0 Å². The number of hydrogen-bond donors (Lipinski definition) is 3. The second kappa shape index (κ2) is 6.23. The average molecular weight is 257 g/mol. The molecule has 0 aliphatic carbocycles. The Balaban J connectivity index is 2.60. The number of carbonyl (C=O) groups excluding carboxylic acids is 2. The van der Waals surface area contributed by atoms with Crippen molar-refractivity contribution in [3.05, 3.63) is 0 Å². The Hall–Kier alpha value is -1.79. The molecule has 7 nitrogen and oxygen atoms in total. The second-order valence-electron chi connectivity index (χ2n) is 4.41. The first-order chi connectivity index (χ1) is 8.45. The molecule has 0 radical (unpaired) electrons. The number of likely N-dealkylation sites (tertiary alicyclic amines) is 1. The molecule has 1 fully saturated rings. The van der Waals surface area contributed by atoms with E-state index in [0.29, 0.717) is 6.54 Å². The number of nitrogens with one attached hydrogen (secondary N) is 1. The van der Waals surface area contributed by atoms with Gasteiger partial charge in [0, 0.05) is 12.6 Å². The number of aliphatic carboxylic acids is 1. The van der Waals surface area contributed by atoms with Gasteiger partial charge in [0.1, 0.15) is 6.04 Å². The Morgan fingerprint density at radius 1 is 1.50 bits per heavy atom. The summed E-state index contributed by atoms with van der Waals surface area (Å²) < 4.78 is 0. The topological polar surface area (TPSA) is 113 Å². The lowest BCUT2D eigenvalue weighted by atomic mass is 10.2. The van der Waals surface area contributed by atoms with Crippen molar-refractivity contribution < 1.29 is 19.5 Å². The van der Waals surface area contributed by atoms with E-state index in [-0.39, 0.29) is 6.04 Å². The van der Waals surface area contributed by atoms with Gasteiger partial charge in [-0.05, 0) is 19.3 Å². The fourth-order valence-electron chi connectivity index (χ4n) is 2.16. The minimum Gasteiger partial charge on any atom is -0.480 e. The van der Waals surface area contributed by atoms with Gasteiger partial charge in [-0.3, -0.25) is 4.79 Å². The van der Waals surface area contributed by atoms with Gasteiger partial charge in [0.25, 0.3) is 0 Å². The number of primary amides is 1. The Kier molecular flexibility index (Phi) is 4.94. The Bertz CT molecular complexity index is 345. The van der Waals surface area contributed by atoms with E-state index in [9.17, 15) is 14.4 Å². The molecule has 3 amide bonds. The van der Waals surface area contributed by atoms with E-state index in [1.54, 1.807) is 4.90 Å². The Morgan fingerprint density at radius 2 is 2.17 bits per heavy atom. The smallest absolute Gasteiger partial charge is 0.326 e. The standard InChI is InChI=1S/C11H19N3O4/c1-2-7-4-3-5-14(7)11(18)13-8(10(16)17)6-9(12)15/h7-8H,2-6H2,1H3,(H2,12,15)(H,13,18)(H,16,17). The first kappa shape index (κ1) is 14.3. The van der Waals surface area contributed by atoms with Gasteiger partial charge in [0.15, 0.2) is 0 Å². The van der Waals surface area contributed by atoms with Crippen LogP contribution in [-0.4, -0.2) is 46.5 Å². The van der Waals surface area contributed by atoms with Crippen molar-refractivity contribution in [1.82, 2.24) is 10.2 Å². The number of hydrogen-bond acceptors (Lipinski definition) is 3. The molecule has 0 aromatic carbocycles. The van der Waals surface area contributed by atoms with Gasteiger partial charge in [-0.1, -0.05) is 6.92 Å². The van der Waals surface area contributed by atoms with Crippen LogP contribution in [0.2, 0.25) is 0 Å². The first-order valence-corrected chi connectivity index (χ1v) is 6.04. The number of rotatable bonds is 5. The molecule has 7 heteroatoms. The highest BCUT2D eigenvalue weighted by Crippen LogP contribution is 2.19. The first-order valence-electron chi connectivity index (χ1n) is 6.04. The van der Waals surface area contributed by atoms with Gasteiger partial charge < -0.3 is 21.1 Å². The molecule has 1 saturated heterocycles. The van der Waals surface area contributed by atoms with Crippen LogP contribution in [0, 0.1) is 0 Å². The van der Waals surface area contributed by atoms with Gasteiger partial charge in [0.05, 0.1) is 6.42 Å². The van der Waals surface area contributed by atoms with E-state index in [4.69, 9.17) is 10.8 Å². The minimum absolute atomic E-state index is 0.146. The number of carbonyl (C=O) groups is 3.